The molecule has 2 aromatic rings. The fourth-order valence-electron chi connectivity index (χ4n) is 2.11. The maximum Gasteiger partial charge on any atom is 0.313 e. The van der Waals surface area contributed by atoms with Crippen molar-refractivity contribution in [1.29, 1.82) is 0 Å². The minimum absolute atomic E-state index is 0.0126. The lowest BCUT2D eigenvalue weighted by molar-refractivity contribution is -0.133. The van der Waals surface area contributed by atoms with Crippen molar-refractivity contribution in [3.8, 4) is 11.5 Å². The molecule has 1 aromatic heterocycles. The van der Waals surface area contributed by atoms with Crippen LogP contribution in [0.3, 0.4) is 0 Å². The monoisotopic (exact) mass is 310 g/mol. The molecule has 0 aliphatic rings. The maximum atomic E-state index is 10.8. The first-order chi connectivity index (χ1) is 10.1. The van der Waals surface area contributed by atoms with Gasteiger partial charge in [0.15, 0.2) is 16.7 Å². The zero-order valence-corrected chi connectivity index (χ0v) is 13.1. The van der Waals surface area contributed by atoms with Crippen LogP contribution in [0.2, 0.25) is 0 Å². The Morgan fingerprint density at radius 1 is 1.33 bits per heavy atom. The number of carboxylic acids is 1. The van der Waals surface area contributed by atoms with E-state index in [1.807, 2.05) is 16.7 Å². The third-order valence-corrected chi connectivity index (χ3v) is 3.95. The van der Waals surface area contributed by atoms with Crippen LogP contribution in [-0.4, -0.2) is 40.6 Å². The lowest BCUT2D eigenvalue weighted by Crippen LogP contribution is -2.03. The Balaban J connectivity index is 2.53. The largest absolute Gasteiger partial charge is 0.493 e. The quantitative estimate of drug-likeness (QED) is 0.793. The van der Waals surface area contributed by atoms with Gasteiger partial charge >= 0.3 is 5.97 Å². The predicted molar refractivity (Wildman–Crippen MR) is 81.5 cm³/mol. The number of ether oxygens (including phenoxy) is 2. The second kappa shape index (κ2) is 6.71. The highest BCUT2D eigenvalue weighted by molar-refractivity contribution is 7.99. The minimum atomic E-state index is -0.856. The highest BCUT2D eigenvalue weighted by atomic mass is 32.2. The Morgan fingerprint density at radius 3 is 2.57 bits per heavy atom. The zero-order chi connectivity index (χ0) is 15.4. The molecule has 0 radical (unpaired) electrons. The van der Waals surface area contributed by atoms with E-state index in [1.165, 1.54) is 11.8 Å². The summed E-state index contributed by atoms with van der Waals surface area (Å²) in [6.07, 6.45) is 0.931. The Hall–Kier alpha value is -1.89. The number of aryl methyl sites for hydroxylation is 1. The van der Waals surface area contributed by atoms with Crippen molar-refractivity contribution < 1.29 is 19.4 Å². The van der Waals surface area contributed by atoms with Gasteiger partial charge in [0.25, 0.3) is 0 Å². The van der Waals surface area contributed by atoms with Crippen molar-refractivity contribution in [3.05, 3.63) is 12.1 Å². The van der Waals surface area contributed by atoms with Gasteiger partial charge in [-0.25, -0.2) is 4.98 Å². The summed E-state index contributed by atoms with van der Waals surface area (Å²) in [5.74, 6) is 0.379. The van der Waals surface area contributed by atoms with E-state index < -0.39 is 5.97 Å². The smallest absolute Gasteiger partial charge is 0.313 e. The van der Waals surface area contributed by atoms with Gasteiger partial charge in [-0.15, -0.1) is 0 Å². The number of nitrogens with zero attached hydrogens (tertiary/aromatic N) is 2. The van der Waals surface area contributed by atoms with E-state index in [2.05, 4.69) is 11.9 Å². The fourth-order valence-corrected chi connectivity index (χ4v) is 2.87. The van der Waals surface area contributed by atoms with Crippen LogP contribution < -0.4 is 9.47 Å². The molecule has 114 valence electrons. The molecule has 1 N–H and O–H groups in total. The molecule has 1 aromatic carbocycles. The third-order valence-electron chi connectivity index (χ3n) is 2.99. The Labute approximate surface area is 127 Å². The number of rotatable bonds is 7. The van der Waals surface area contributed by atoms with Gasteiger partial charge in [-0.3, -0.25) is 4.79 Å². The van der Waals surface area contributed by atoms with Crippen LogP contribution in [0.4, 0.5) is 0 Å². The summed E-state index contributed by atoms with van der Waals surface area (Å²) in [7, 11) is 3.16. The van der Waals surface area contributed by atoms with E-state index >= 15 is 0 Å². The van der Waals surface area contributed by atoms with Crippen LogP contribution in [-0.2, 0) is 11.3 Å². The molecular formula is C14H18N2O4S. The van der Waals surface area contributed by atoms with Crippen molar-refractivity contribution in [2.75, 3.05) is 20.0 Å². The molecular weight excluding hydrogens is 292 g/mol. The number of benzene rings is 1. The molecule has 0 aliphatic heterocycles. The summed E-state index contributed by atoms with van der Waals surface area (Å²) in [4.78, 5) is 15.3. The summed E-state index contributed by atoms with van der Waals surface area (Å²) in [5.41, 5.74) is 1.69. The maximum absolute atomic E-state index is 10.8. The summed E-state index contributed by atoms with van der Waals surface area (Å²) in [5, 5.41) is 9.54. The SMILES string of the molecule is CCCn1c(SCC(=O)O)nc2cc(OC)c(OC)cc21. The highest BCUT2D eigenvalue weighted by Crippen LogP contribution is 2.34. The number of hydrogen-bond acceptors (Lipinski definition) is 5. The summed E-state index contributed by atoms with van der Waals surface area (Å²) in [6, 6.07) is 3.69. The van der Waals surface area contributed by atoms with Gasteiger partial charge < -0.3 is 19.1 Å². The van der Waals surface area contributed by atoms with Crippen molar-refractivity contribution in [2.24, 2.45) is 0 Å². The Kier molecular flexibility index (Phi) is 4.95. The van der Waals surface area contributed by atoms with Gasteiger partial charge in [-0.1, -0.05) is 18.7 Å². The molecule has 7 heteroatoms. The van der Waals surface area contributed by atoms with Crippen LogP contribution >= 0.6 is 11.8 Å². The number of aromatic nitrogens is 2. The first-order valence-corrected chi connectivity index (χ1v) is 7.56. The van der Waals surface area contributed by atoms with E-state index in [0.29, 0.717) is 16.7 Å². The minimum Gasteiger partial charge on any atom is -0.493 e. The number of methoxy groups -OCH3 is 2. The number of imidazole rings is 1. The molecule has 0 spiro atoms. The first kappa shape index (κ1) is 15.5. The summed E-state index contributed by atoms with van der Waals surface area (Å²) >= 11 is 1.22. The molecule has 21 heavy (non-hydrogen) atoms. The number of hydrogen-bond donors (Lipinski definition) is 1. The van der Waals surface area contributed by atoms with E-state index in [1.54, 1.807) is 14.2 Å². The van der Waals surface area contributed by atoms with E-state index in [4.69, 9.17) is 14.6 Å². The van der Waals surface area contributed by atoms with Crippen molar-refractivity contribution in [1.82, 2.24) is 9.55 Å². The molecule has 0 amide bonds. The number of aliphatic carboxylic acids is 1. The normalized spacial score (nSPS) is 10.8. The molecule has 0 aliphatic carbocycles. The molecule has 0 saturated carbocycles. The Morgan fingerprint density at radius 2 is 2.00 bits per heavy atom. The predicted octanol–water partition coefficient (Wildman–Crippen LogP) is 2.64. The van der Waals surface area contributed by atoms with E-state index in [0.717, 1.165) is 24.0 Å². The topological polar surface area (TPSA) is 73.6 Å². The van der Waals surface area contributed by atoms with Crippen LogP contribution in [0.1, 0.15) is 13.3 Å². The van der Waals surface area contributed by atoms with Crippen LogP contribution in [0.15, 0.2) is 17.3 Å². The van der Waals surface area contributed by atoms with E-state index in [9.17, 15) is 4.79 Å². The summed E-state index contributed by atoms with van der Waals surface area (Å²) < 4.78 is 12.6. The van der Waals surface area contributed by atoms with Gasteiger partial charge in [0, 0.05) is 18.7 Å². The lowest BCUT2D eigenvalue weighted by Gasteiger charge is -2.09. The van der Waals surface area contributed by atoms with Crippen molar-refractivity contribution >= 4 is 28.8 Å². The second-order valence-electron chi connectivity index (χ2n) is 4.42. The number of carbonyl (C=O) groups is 1. The number of carboxylic acid groups (broad SMARTS) is 1. The third kappa shape index (κ3) is 3.24. The average Bonchev–Trinajstić information content (AvgIpc) is 2.81. The van der Waals surface area contributed by atoms with Crippen LogP contribution in [0.5, 0.6) is 11.5 Å². The second-order valence-corrected chi connectivity index (χ2v) is 5.37. The van der Waals surface area contributed by atoms with Gasteiger partial charge in [-0.05, 0) is 6.42 Å². The molecule has 0 fully saturated rings. The molecule has 2 rings (SSSR count). The van der Waals surface area contributed by atoms with E-state index in [-0.39, 0.29) is 5.75 Å². The average molecular weight is 310 g/mol. The number of fused-ring (bicyclic) bond motifs is 1. The van der Waals surface area contributed by atoms with Crippen LogP contribution in [0, 0.1) is 0 Å². The van der Waals surface area contributed by atoms with Gasteiger partial charge in [0.2, 0.25) is 0 Å². The first-order valence-electron chi connectivity index (χ1n) is 6.57. The number of thioether (sulfide) groups is 1. The standard InChI is InChI=1S/C14H18N2O4S/c1-4-5-16-10-7-12(20-3)11(19-2)6-9(10)15-14(16)21-8-13(17)18/h6-7H,4-5,8H2,1-3H3,(H,17,18). The highest BCUT2D eigenvalue weighted by Gasteiger charge is 2.15. The summed E-state index contributed by atoms with van der Waals surface area (Å²) in [6.45, 7) is 2.84. The molecule has 0 atom stereocenters. The van der Waals surface area contributed by atoms with Gasteiger partial charge in [-0.2, -0.15) is 0 Å². The molecule has 1 heterocycles. The molecule has 6 nitrogen and oxygen atoms in total. The van der Waals surface area contributed by atoms with Crippen molar-refractivity contribution in [3.63, 3.8) is 0 Å². The lowest BCUT2D eigenvalue weighted by atomic mass is 10.2. The Bertz CT molecular complexity index is 654. The van der Waals surface area contributed by atoms with Crippen LogP contribution in [0.25, 0.3) is 11.0 Å². The fraction of sp³-hybridized carbons (Fsp3) is 0.429. The molecule has 0 saturated heterocycles. The zero-order valence-electron chi connectivity index (χ0n) is 12.3. The molecule has 0 unspecified atom stereocenters. The molecule has 0 bridgehead atoms. The van der Waals surface area contributed by atoms with Crippen molar-refractivity contribution in [2.45, 2.75) is 25.0 Å². The van der Waals surface area contributed by atoms with Gasteiger partial charge in [0.1, 0.15) is 0 Å². The van der Waals surface area contributed by atoms with Gasteiger partial charge in [0.05, 0.1) is 31.0 Å².